The molecule has 1 aromatic rings. The van der Waals surface area contributed by atoms with Gasteiger partial charge in [0.25, 0.3) is 5.82 Å². The van der Waals surface area contributed by atoms with E-state index < -0.39 is 7.25 Å². The van der Waals surface area contributed by atoms with E-state index in [0.717, 1.165) is 12.3 Å². The van der Waals surface area contributed by atoms with Gasteiger partial charge in [0.05, 0.1) is 7.05 Å². The Kier molecular flexibility index (Phi) is 5.54. The Balaban J connectivity index is 0.000000385. The zero-order valence-electron chi connectivity index (χ0n) is 9.90. The first kappa shape index (κ1) is 15.0. The summed E-state index contributed by atoms with van der Waals surface area (Å²) in [6.45, 7) is 6.56. The van der Waals surface area contributed by atoms with Crippen LogP contribution < -0.4 is 4.57 Å². The molecule has 0 radical (unpaired) electrons. The van der Waals surface area contributed by atoms with Crippen molar-refractivity contribution >= 4 is 7.25 Å². The molecule has 0 bridgehead atoms. The Bertz CT molecular complexity index is 314. The quantitative estimate of drug-likeness (QED) is 0.465. The van der Waals surface area contributed by atoms with Crippen molar-refractivity contribution in [2.45, 2.75) is 27.2 Å². The zero-order chi connectivity index (χ0) is 12.9. The highest BCUT2D eigenvalue weighted by Gasteiger charge is 2.20. The molecule has 7 heteroatoms. The van der Waals surface area contributed by atoms with Gasteiger partial charge in [-0.15, -0.1) is 0 Å². The van der Waals surface area contributed by atoms with Crippen LogP contribution in [0.4, 0.5) is 17.3 Å². The summed E-state index contributed by atoms with van der Waals surface area (Å²) in [4.78, 5) is 3.21. The molecule has 0 spiro atoms. The molecule has 0 aliphatic rings. The molecule has 0 aliphatic heterocycles. The molecule has 1 aromatic heterocycles. The maximum absolute atomic E-state index is 9.75. The third kappa shape index (κ3) is 7.31. The van der Waals surface area contributed by atoms with Crippen LogP contribution >= 0.6 is 0 Å². The van der Waals surface area contributed by atoms with Crippen LogP contribution in [0.5, 0.6) is 0 Å². The molecule has 0 fully saturated rings. The minimum absolute atomic E-state index is 0.733. The second-order valence-corrected chi connectivity index (χ2v) is 4.02. The molecule has 94 valence electrons. The van der Waals surface area contributed by atoms with E-state index in [1.807, 2.05) is 0 Å². The molecule has 1 N–H and O–H groups in total. The van der Waals surface area contributed by atoms with E-state index in [2.05, 4.69) is 43.6 Å². The molecule has 1 rings (SSSR count). The van der Waals surface area contributed by atoms with Gasteiger partial charge < -0.3 is 17.3 Å². The maximum atomic E-state index is 9.75. The van der Waals surface area contributed by atoms with Crippen molar-refractivity contribution in [2.24, 2.45) is 13.0 Å². The van der Waals surface area contributed by atoms with Crippen LogP contribution in [-0.2, 0) is 13.5 Å². The van der Waals surface area contributed by atoms with Crippen molar-refractivity contribution in [1.29, 1.82) is 0 Å². The third-order valence-electron chi connectivity index (χ3n) is 2.00. The van der Waals surface area contributed by atoms with Crippen LogP contribution in [-0.4, -0.2) is 12.2 Å². The first-order chi connectivity index (χ1) is 7.11. The van der Waals surface area contributed by atoms with Crippen molar-refractivity contribution < 1.29 is 21.8 Å². The van der Waals surface area contributed by atoms with Crippen LogP contribution in [0.1, 0.15) is 25.4 Å². The summed E-state index contributed by atoms with van der Waals surface area (Å²) in [5, 5.41) is 0. The highest BCUT2D eigenvalue weighted by atomic mass is 19.5. The number of aromatic amines is 1. The second-order valence-electron chi connectivity index (χ2n) is 4.02. The fourth-order valence-electron chi connectivity index (χ4n) is 1.21. The predicted molar refractivity (Wildman–Crippen MR) is 55.4 cm³/mol. The number of aryl methyl sites for hydroxylation is 1. The number of hydrogen-bond donors (Lipinski definition) is 1. The van der Waals surface area contributed by atoms with Gasteiger partial charge in [0.15, 0.2) is 0 Å². The summed E-state index contributed by atoms with van der Waals surface area (Å²) in [6, 6.07) is 0. The minimum atomic E-state index is -6.00. The number of halogens is 4. The highest BCUT2D eigenvalue weighted by molar-refractivity contribution is 6.50. The lowest BCUT2D eigenvalue weighted by Gasteiger charge is -1.99. The Morgan fingerprint density at radius 2 is 1.75 bits per heavy atom. The van der Waals surface area contributed by atoms with Gasteiger partial charge in [0.2, 0.25) is 0 Å². The monoisotopic (exact) mass is 240 g/mol. The molecule has 1 heterocycles. The predicted octanol–water partition coefficient (Wildman–Crippen LogP) is 2.65. The number of rotatable bonds is 2. The maximum Gasteiger partial charge on any atom is 0.673 e. The van der Waals surface area contributed by atoms with Crippen LogP contribution in [0.15, 0.2) is 6.20 Å². The smallest absolute Gasteiger partial charge is 0.418 e. The van der Waals surface area contributed by atoms with Gasteiger partial charge in [-0.1, -0.05) is 13.8 Å². The number of nitrogens with one attached hydrogen (secondary N) is 1. The summed E-state index contributed by atoms with van der Waals surface area (Å²) in [6.07, 6.45) is 3.25. The van der Waals surface area contributed by atoms with Gasteiger partial charge in [0, 0.05) is 13.3 Å². The molecule has 0 aromatic carbocycles. The third-order valence-corrected chi connectivity index (χ3v) is 2.00. The van der Waals surface area contributed by atoms with Crippen LogP contribution in [0, 0.1) is 12.8 Å². The standard InChI is InChI=1S/C9H16N2.BF4/c1-7(2)5-9-6-10-8(3)11(9)4;2-1(3,4)5/h6-7H,5H2,1-4H3;/q;-1/p+1. The number of imidazole rings is 1. The highest BCUT2D eigenvalue weighted by Crippen LogP contribution is 2.06. The molecule has 0 saturated heterocycles. The van der Waals surface area contributed by atoms with Crippen LogP contribution in [0.2, 0.25) is 0 Å². The molecule has 0 amide bonds. The lowest BCUT2D eigenvalue weighted by Crippen LogP contribution is -2.34. The molecule has 0 saturated carbocycles. The van der Waals surface area contributed by atoms with Gasteiger partial charge in [-0.2, -0.15) is 0 Å². The summed E-state index contributed by atoms with van der Waals surface area (Å²) >= 11 is 0. The summed E-state index contributed by atoms with van der Waals surface area (Å²) in [5.41, 5.74) is 1.39. The van der Waals surface area contributed by atoms with E-state index in [1.165, 1.54) is 11.5 Å². The summed E-state index contributed by atoms with van der Waals surface area (Å²) in [5.74, 6) is 1.96. The topological polar surface area (TPSA) is 19.7 Å². The van der Waals surface area contributed by atoms with Crippen molar-refractivity contribution in [3.05, 3.63) is 17.7 Å². The number of H-pyrrole nitrogens is 1. The molecule has 0 aliphatic carbocycles. The Hall–Kier alpha value is -1.01. The number of hydrogen-bond acceptors (Lipinski definition) is 0. The first-order valence-corrected chi connectivity index (χ1v) is 5.01. The summed E-state index contributed by atoms with van der Waals surface area (Å²) < 4.78 is 41.2. The lowest BCUT2D eigenvalue weighted by atomic mass is 10.1. The average molecular weight is 240 g/mol. The van der Waals surface area contributed by atoms with E-state index >= 15 is 0 Å². The van der Waals surface area contributed by atoms with E-state index in [0.29, 0.717) is 0 Å². The normalized spacial score (nSPS) is 11.3. The Labute approximate surface area is 92.8 Å². The van der Waals surface area contributed by atoms with Gasteiger partial charge in [0.1, 0.15) is 11.9 Å². The fourth-order valence-corrected chi connectivity index (χ4v) is 1.21. The van der Waals surface area contributed by atoms with E-state index in [1.54, 1.807) is 0 Å². The Morgan fingerprint density at radius 3 is 2.00 bits per heavy atom. The fraction of sp³-hybridized carbons (Fsp3) is 0.667. The van der Waals surface area contributed by atoms with Crippen molar-refractivity contribution in [3.8, 4) is 0 Å². The average Bonchev–Trinajstić information content (AvgIpc) is 2.32. The largest absolute Gasteiger partial charge is 0.673 e. The van der Waals surface area contributed by atoms with Gasteiger partial charge in [-0.05, 0) is 5.92 Å². The number of nitrogens with zero attached hydrogens (tertiary/aromatic N) is 1. The van der Waals surface area contributed by atoms with Crippen LogP contribution in [0.3, 0.4) is 0 Å². The second kappa shape index (κ2) is 5.91. The lowest BCUT2D eigenvalue weighted by molar-refractivity contribution is -0.684. The summed E-state index contributed by atoms with van der Waals surface area (Å²) in [7, 11) is -3.90. The number of aromatic nitrogens is 2. The Morgan fingerprint density at radius 1 is 1.31 bits per heavy atom. The molecule has 2 nitrogen and oxygen atoms in total. The van der Waals surface area contributed by atoms with E-state index in [4.69, 9.17) is 0 Å². The van der Waals surface area contributed by atoms with Gasteiger partial charge in [-0.25, -0.2) is 9.55 Å². The van der Waals surface area contributed by atoms with Crippen LogP contribution in [0.25, 0.3) is 0 Å². The molecular weight excluding hydrogens is 223 g/mol. The zero-order valence-corrected chi connectivity index (χ0v) is 9.90. The van der Waals surface area contributed by atoms with Gasteiger partial charge >= 0.3 is 7.25 Å². The van der Waals surface area contributed by atoms with E-state index in [-0.39, 0.29) is 0 Å². The van der Waals surface area contributed by atoms with Crippen molar-refractivity contribution in [2.75, 3.05) is 0 Å². The van der Waals surface area contributed by atoms with Crippen molar-refractivity contribution in [3.63, 3.8) is 0 Å². The van der Waals surface area contributed by atoms with Gasteiger partial charge in [-0.3, -0.25) is 0 Å². The SMILES string of the molecule is Cc1[nH]cc(CC(C)C)[n+]1C.F[B-](F)(F)F. The van der Waals surface area contributed by atoms with E-state index in [9.17, 15) is 17.3 Å². The molecule has 0 atom stereocenters. The molecular formula is C9H17BF4N2. The first-order valence-electron chi connectivity index (χ1n) is 5.01. The van der Waals surface area contributed by atoms with Crippen molar-refractivity contribution in [1.82, 2.24) is 4.98 Å². The molecule has 0 unspecified atom stereocenters. The minimum Gasteiger partial charge on any atom is -0.418 e. The molecule has 16 heavy (non-hydrogen) atoms.